The predicted molar refractivity (Wildman–Crippen MR) is 110 cm³/mol. The smallest absolute Gasteiger partial charge is 0.354 e. The molecule has 3 N–H and O–H groups in total. The Morgan fingerprint density at radius 2 is 2.03 bits per heavy atom. The molecule has 2 aromatic heterocycles. The van der Waals surface area contributed by atoms with Crippen LogP contribution >= 0.6 is 23.2 Å². The Morgan fingerprint density at radius 1 is 1.30 bits per heavy atom. The van der Waals surface area contributed by atoms with E-state index in [0.29, 0.717) is 36.0 Å². The molecule has 3 heterocycles. The molecule has 12 heteroatoms. The molecule has 1 saturated heterocycles. The van der Waals surface area contributed by atoms with Crippen molar-refractivity contribution in [2.75, 3.05) is 32.2 Å². The van der Waals surface area contributed by atoms with Gasteiger partial charge in [0.1, 0.15) is 11.5 Å². The van der Waals surface area contributed by atoms with Crippen molar-refractivity contribution in [3.05, 3.63) is 33.2 Å². The number of carboxylic acids is 1. The molecule has 0 aromatic carbocycles. The molecule has 3 rings (SSSR count). The minimum absolute atomic E-state index is 0.0390. The Hall–Kier alpha value is -2.56. The van der Waals surface area contributed by atoms with Crippen LogP contribution in [0.15, 0.2) is 6.07 Å². The lowest BCUT2D eigenvalue weighted by Gasteiger charge is -2.38. The highest BCUT2D eigenvalue weighted by molar-refractivity contribution is 6.44. The standard InChI is InChI=1S/C18H21Cl2N5O5/c1-8-13(19)14(20)15(21-8)16(26)22-9-4-5-25(7-11(9)29-2)12-6-10(17(27)28)23-18(24-12)30-3/h6,9,11,21H,4-5,7H2,1-3H3,(H,22,26)(H,27,28)/t9-,11+/m1/s1. The van der Waals surface area contributed by atoms with Gasteiger partial charge in [-0.1, -0.05) is 23.2 Å². The van der Waals surface area contributed by atoms with E-state index >= 15 is 0 Å². The Balaban J connectivity index is 1.75. The average Bonchev–Trinajstić information content (AvgIpc) is 3.00. The lowest BCUT2D eigenvalue weighted by Crippen LogP contribution is -2.55. The topological polar surface area (TPSA) is 130 Å². The molecule has 1 aliphatic heterocycles. The second-order valence-corrected chi connectivity index (χ2v) is 7.50. The van der Waals surface area contributed by atoms with Crippen LogP contribution in [0.2, 0.25) is 10.0 Å². The van der Waals surface area contributed by atoms with Crippen molar-refractivity contribution in [1.29, 1.82) is 0 Å². The summed E-state index contributed by atoms with van der Waals surface area (Å²) >= 11 is 12.2. The molecule has 0 saturated carbocycles. The summed E-state index contributed by atoms with van der Waals surface area (Å²) in [4.78, 5) is 36.8. The van der Waals surface area contributed by atoms with Gasteiger partial charge in [-0.2, -0.15) is 9.97 Å². The van der Waals surface area contributed by atoms with Gasteiger partial charge in [0.05, 0.1) is 29.3 Å². The van der Waals surface area contributed by atoms with Crippen LogP contribution in [0.5, 0.6) is 6.01 Å². The monoisotopic (exact) mass is 457 g/mol. The number of hydrogen-bond donors (Lipinski definition) is 3. The molecule has 10 nitrogen and oxygen atoms in total. The lowest BCUT2D eigenvalue weighted by molar-refractivity contribution is 0.0538. The first-order chi connectivity index (χ1) is 14.2. The minimum atomic E-state index is -1.18. The van der Waals surface area contributed by atoms with Crippen LogP contribution in [0, 0.1) is 6.92 Å². The Kier molecular flexibility index (Phi) is 6.69. The normalized spacial score (nSPS) is 18.9. The zero-order valence-corrected chi connectivity index (χ0v) is 18.0. The van der Waals surface area contributed by atoms with Crippen LogP contribution < -0.4 is 15.0 Å². The van der Waals surface area contributed by atoms with Crippen LogP contribution in [-0.4, -0.2) is 71.4 Å². The van der Waals surface area contributed by atoms with Crippen LogP contribution in [0.25, 0.3) is 0 Å². The molecule has 0 spiro atoms. The fourth-order valence-electron chi connectivity index (χ4n) is 3.27. The number of methoxy groups -OCH3 is 2. The zero-order valence-electron chi connectivity index (χ0n) is 16.5. The Labute approximate surface area is 182 Å². The number of aromatic nitrogens is 3. The number of rotatable bonds is 6. The first-order valence-electron chi connectivity index (χ1n) is 9.03. The van der Waals surface area contributed by atoms with Gasteiger partial charge >= 0.3 is 12.0 Å². The number of carbonyl (C=O) groups excluding carboxylic acids is 1. The summed E-state index contributed by atoms with van der Waals surface area (Å²) in [6.07, 6.45) is 0.159. The highest BCUT2D eigenvalue weighted by Crippen LogP contribution is 2.29. The van der Waals surface area contributed by atoms with E-state index in [4.69, 9.17) is 32.7 Å². The summed E-state index contributed by atoms with van der Waals surface area (Å²) in [5, 5.41) is 12.7. The van der Waals surface area contributed by atoms with Crippen molar-refractivity contribution < 1.29 is 24.2 Å². The molecule has 0 unspecified atom stereocenters. The molecule has 1 amide bonds. The Morgan fingerprint density at radius 3 is 2.60 bits per heavy atom. The summed E-state index contributed by atoms with van der Waals surface area (Å²) in [6, 6.07) is 1.04. The third-order valence-electron chi connectivity index (χ3n) is 4.88. The third-order valence-corrected chi connectivity index (χ3v) is 5.82. The van der Waals surface area contributed by atoms with E-state index in [-0.39, 0.29) is 40.5 Å². The van der Waals surface area contributed by atoms with Crippen molar-refractivity contribution in [2.24, 2.45) is 0 Å². The second-order valence-electron chi connectivity index (χ2n) is 6.74. The molecule has 162 valence electrons. The number of carbonyl (C=O) groups is 2. The first kappa shape index (κ1) is 22.1. The number of anilines is 1. The number of halogens is 2. The SMILES string of the molecule is COc1nc(C(=O)O)cc(N2CC[C@@H](NC(=O)c3[nH]c(C)c(Cl)c3Cl)[C@@H](OC)C2)n1. The molecule has 2 aromatic rings. The van der Waals surface area contributed by atoms with E-state index in [9.17, 15) is 14.7 Å². The van der Waals surface area contributed by atoms with E-state index in [0.717, 1.165) is 0 Å². The fourth-order valence-corrected chi connectivity index (χ4v) is 3.69. The van der Waals surface area contributed by atoms with Gasteiger partial charge < -0.3 is 29.8 Å². The molecule has 1 aliphatic rings. The van der Waals surface area contributed by atoms with E-state index in [2.05, 4.69) is 20.3 Å². The molecule has 0 aliphatic carbocycles. The van der Waals surface area contributed by atoms with Gasteiger partial charge in [0.2, 0.25) is 0 Å². The molecular weight excluding hydrogens is 437 g/mol. The first-order valence-corrected chi connectivity index (χ1v) is 9.79. The maximum Gasteiger partial charge on any atom is 0.354 e. The van der Waals surface area contributed by atoms with Gasteiger partial charge in [0, 0.05) is 32.0 Å². The largest absolute Gasteiger partial charge is 0.477 e. The van der Waals surface area contributed by atoms with Crippen molar-refractivity contribution in [2.45, 2.75) is 25.5 Å². The predicted octanol–water partition coefficient (Wildman–Crippen LogP) is 2.15. The number of carboxylic acid groups (broad SMARTS) is 1. The van der Waals surface area contributed by atoms with Gasteiger partial charge in [-0.3, -0.25) is 4.79 Å². The number of aromatic amines is 1. The second kappa shape index (κ2) is 9.07. The maximum atomic E-state index is 12.7. The molecule has 0 bridgehead atoms. The van der Waals surface area contributed by atoms with E-state index in [1.165, 1.54) is 13.2 Å². The number of ether oxygens (including phenoxy) is 2. The molecule has 2 atom stereocenters. The van der Waals surface area contributed by atoms with Crippen molar-refractivity contribution in [1.82, 2.24) is 20.3 Å². The molecule has 30 heavy (non-hydrogen) atoms. The summed E-state index contributed by atoms with van der Waals surface area (Å²) in [5.41, 5.74) is 0.634. The molecular formula is C18H21Cl2N5O5. The summed E-state index contributed by atoms with van der Waals surface area (Å²) in [5.74, 6) is -1.16. The van der Waals surface area contributed by atoms with E-state index in [1.54, 1.807) is 14.0 Å². The number of nitrogens with zero attached hydrogens (tertiary/aromatic N) is 3. The van der Waals surface area contributed by atoms with E-state index in [1.807, 2.05) is 4.90 Å². The summed E-state index contributed by atoms with van der Waals surface area (Å²) in [6.45, 7) is 2.60. The lowest BCUT2D eigenvalue weighted by atomic mass is 10.0. The van der Waals surface area contributed by atoms with E-state index < -0.39 is 5.97 Å². The minimum Gasteiger partial charge on any atom is -0.477 e. The fraction of sp³-hybridized carbons (Fsp3) is 0.444. The number of H-pyrrole nitrogens is 1. The summed E-state index contributed by atoms with van der Waals surface area (Å²) < 4.78 is 10.6. The average molecular weight is 458 g/mol. The quantitative estimate of drug-likeness (QED) is 0.601. The highest BCUT2D eigenvalue weighted by atomic mass is 35.5. The number of piperidine rings is 1. The van der Waals surface area contributed by atoms with Gasteiger partial charge in [-0.25, -0.2) is 4.79 Å². The van der Waals surface area contributed by atoms with Crippen LogP contribution in [0.3, 0.4) is 0 Å². The van der Waals surface area contributed by atoms with Crippen molar-refractivity contribution in [3.63, 3.8) is 0 Å². The van der Waals surface area contributed by atoms with Crippen molar-refractivity contribution in [3.8, 4) is 6.01 Å². The van der Waals surface area contributed by atoms with Crippen LogP contribution in [0.1, 0.15) is 33.1 Å². The summed E-state index contributed by atoms with van der Waals surface area (Å²) in [7, 11) is 2.91. The number of hydrogen-bond acceptors (Lipinski definition) is 7. The van der Waals surface area contributed by atoms with Crippen LogP contribution in [0.4, 0.5) is 5.82 Å². The molecule has 0 radical (unpaired) electrons. The van der Waals surface area contributed by atoms with Gasteiger partial charge in [0.15, 0.2) is 5.69 Å². The number of nitrogens with one attached hydrogen (secondary N) is 2. The van der Waals surface area contributed by atoms with Gasteiger partial charge in [-0.05, 0) is 13.3 Å². The number of aromatic carboxylic acids is 1. The third kappa shape index (κ3) is 4.45. The number of aryl methyl sites for hydroxylation is 1. The molecule has 1 fully saturated rings. The van der Waals surface area contributed by atoms with Gasteiger partial charge in [0.25, 0.3) is 5.91 Å². The zero-order chi connectivity index (χ0) is 22.0. The highest BCUT2D eigenvalue weighted by Gasteiger charge is 2.33. The maximum absolute atomic E-state index is 12.7. The van der Waals surface area contributed by atoms with Crippen LogP contribution in [-0.2, 0) is 4.74 Å². The van der Waals surface area contributed by atoms with Gasteiger partial charge in [-0.15, -0.1) is 0 Å². The number of amides is 1. The Bertz CT molecular complexity index is 967. The van der Waals surface area contributed by atoms with Crippen molar-refractivity contribution >= 4 is 40.9 Å².